The minimum atomic E-state index is -3.76. The van der Waals surface area contributed by atoms with Crippen LogP contribution in [0.3, 0.4) is 0 Å². The molecule has 0 radical (unpaired) electrons. The van der Waals surface area contributed by atoms with Crippen molar-refractivity contribution in [2.75, 3.05) is 10.8 Å². The SMILES string of the molecule is C=CCN(c1ccc(F)cc1)S(=O)(=O)c1ccc(Cl)cc1. The molecule has 21 heavy (non-hydrogen) atoms. The van der Waals surface area contributed by atoms with Gasteiger partial charge in [-0.1, -0.05) is 17.7 Å². The smallest absolute Gasteiger partial charge is 0.263 e. The molecule has 0 amide bonds. The standard InChI is InChI=1S/C15H13ClFNO2S/c1-2-11-18(14-7-5-13(17)6-8-14)21(19,20)15-9-3-12(16)4-10-15/h2-10H,1,11H2. The number of rotatable bonds is 5. The summed E-state index contributed by atoms with van der Waals surface area (Å²) in [6.45, 7) is 3.64. The molecule has 0 aliphatic rings. The van der Waals surface area contributed by atoms with Crippen LogP contribution < -0.4 is 4.31 Å². The molecule has 0 aromatic heterocycles. The number of hydrogen-bond donors (Lipinski definition) is 0. The highest BCUT2D eigenvalue weighted by Gasteiger charge is 2.23. The highest BCUT2D eigenvalue weighted by molar-refractivity contribution is 7.92. The van der Waals surface area contributed by atoms with Gasteiger partial charge in [0.15, 0.2) is 0 Å². The first kappa shape index (κ1) is 15.5. The van der Waals surface area contributed by atoms with E-state index in [9.17, 15) is 12.8 Å². The largest absolute Gasteiger partial charge is 0.264 e. The van der Waals surface area contributed by atoms with Gasteiger partial charge in [-0.25, -0.2) is 12.8 Å². The number of benzene rings is 2. The van der Waals surface area contributed by atoms with Crippen molar-refractivity contribution in [1.29, 1.82) is 0 Å². The normalized spacial score (nSPS) is 11.1. The van der Waals surface area contributed by atoms with E-state index in [-0.39, 0.29) is 11.4 Å². The summed E-state index contributed by atoms with van der Waals surface area (Å²) in [6, 6.07) is 11.1. The number of nitrogens with zero attached hydrogens (tertiary/aromatic N) is 1. The highest BCUT2D eigenvalue weighted by atomic mass is 35.5. The van der Waals surface area contributed by atoms with Gasteiger partial charge in [0.1, 0.15) is 5.82 Å². The molecule has 0 saturated carbocycles. The average molecular weight is 326 g/mol. The Kier molecular flexibility index (Phi) is 4.65. The van der Waals surface area contributed by atoms with Crippen molar-refractivity contribution in [3.8, 4) is 0 Å². The number of halogens is 2. The zero-order chi connectivity index (χ0) is 15.5. The third-order valence-corrected chi connectivity index (χ3v) is 4.87. The molecular weight excluding hydrogens is 313 g/mol. The molecule has 110 valence electrons. The molecule has 0 unspecified atom stereocenters. The maximum atomic E-state index is 13.0. The Bertz CT molecular complexity index is 727. The van der Waals surface area contributed by atoms with Gasteiger partial charge >= 0.3 is 0 Å². The molecule has 0 N–H and O–H groups in total. The summed E-state index contributed by atoms with van der Waals surface area (Å²) >= 11 is 5.77. The van der Waals surface area contributed by atoms with Gasteiger partial charge in [0.05, 0.1) is 17.1 Å². The minimum absolute atomic E-state index is 0.0800. The number of sulfonamides is 1. The van der Waals surface area contributed by atoms with E-state index in [4.69, 9.17) is 11.6 Å². The van der Waals surface area contributed by atoms with Crippen molar-refractivity contribution in [3.05, 3.63) is 72.0 Å². The summed E-state index contributed by atoms with van der Waals surface area (Å²) < 4.78 is 39.5. The third-order valence-electron chi connectivity index (χ3n) is 2.81. The van der Waals surface area contributed by atoms with Crippen molar-refractivity contribution in [3.63, 3.8) is 0 Å². The Hall–Kier alpha value is -1.85. The van der Waals surface area contributed by atoms with E-state index in [1.807, 2.05) is 0 Å². The van der Waals surface area contributed by atoms with Gasteiger partial charge < -0.3 is 0 Å². The molecule has 0 saturated heterocycles. The summed E-state index contributed by atoms with van der Waals surface area (Å²) in [5.74, 6) is -0.429. The molecule has 0 bridgehead atoms. The topological polar surface area (TPSA) is 37.4 Å². The van der Waals surface area contributed by atoms with Crippen LogP contribution in [0.15, 0.2) is 66.1 Å². The summed E-state index contributed by atoms with van der Waals surface area (Å²) in [4.78, 5) is 0.109. The molecule has 0 aliphatic heterocycles. The van der Waals surface area contributed by atoms with E-state index in [0.29, 0.717) is 10.7 Å². The van der Waals surface area contributed by atoms with Crippen LogP contribution in [0, 0.1) is 5.82 Å². The van der Waals surface area contributed by atoms with E-state index in [0.717, 1.165) is 4.31 Å². The zero-order valence-corrected chi connectivity index (χ0v) is 12.6. The Morgan fingerprint density at radius 1 is 1.10 bits per heavy atom. The minimum Gasteiger partial charge on any atom is -0.263 e. The Morgan fingerprint density at radius 3 is 2.19 bits per heavy atom. The maximum Gasteiger partial charge on any atom is 0.264 e. The summed E-state index contributed by atoms with van der Waals surface area (Å²) in [5, 5.41) is 0.450. The second-order valence-corrected chi connectivity index (χ2v) is 6.55. The highest BCUT2D eigenvalue weighted by Crippen LogP contribution is 2.24. The van der Waals surface area contributed by atoms with Crippen molar-refractivity contribution >= 4 is 27.3 Å². The first-order chi connectivity index (χ1) is 9.95. The van der Waals surface area contributed by atoms with Crippen molar-refractivity contribution in [2.24, 2.45) is 0 Å². The number of hydrogen-bond acceptors (Lipinski definition) is 2. The van der Waals surface area contributed by atoms with Gasteiger partial charge in [0.2, 0.25) is 0 Å². The van der Waals surface area contributed by atoms with E-state index >= 15 is 0 Å². The lowest BCUT2D eigenvalue weighted by molar-refractivity contribution is 0.592. The van der Waals surface area contributed by atoms with Crippen LogP contribution in [0.2, 0.25) is 5.02 Å². The third kappa shape index (κ3) is 3.43. The second kappa shape index (κ2) is 6.28. The van der Waals surface area contributed by atoms with Gasteiger partial charge in [-0.3, -0.25) is 4.31 Å². The van der Waals surface area contributed by atoms with Gasteiger partial charge in [-0.15, -0.1) is 6.58 Å². The summed E-state index contributed by atoms with van der Waals surface area (Å²) in [5.41, 5.74) is 0.367. The van der Waals surface area contributed by atoms with Crippen LogP contribution in [-0.2, 0) is 10.0 Å². The van der Waals surface area contributed by atoms with Gasteiger partial charge in [-0.05, 0) is 48.5 Å². The fourth-order valence-corrected chi connectivity index (χ4v) is 3.36. The maximum absolute atomic E-state index is 13.0. The van der Waals surface area contributed by atoms with Crippen LogP contribution in [0.25, 0.3) is 0 Å². The van der Waals surface area contributed by atoms with Crippen molar-refractivity contribution in [2.45, 2.75) is 4.90 Å². The molecule has 0 aliphatic carbocycles. The molecule has 0 heterocycles. The quantitative estimate of drug-likeness (QED) is 0.783. The Balaban J connectivity index is 2.47. The van der Waals surface area contributed by atoms with Gasteiger partial charge in [0.25, 0.3) is 10.0 Å². The molecule has 3 nitrogen and oxygen atoms in total. The zero-order valence-electron chi connectivity index (χ0n) is 11.0. The fraction of sp³-hybridized carbons (Fsp3) is 0.0667. The Morgan fingerprint density at radius 2 is 1.67 bits per heavy atom. The first-order valence-corrected chi connectivity index (χ1v) is 7.92. The molecule has 6 heteroatoms. The van der Waals surface area contributed by atoms with Gasteiger partial charge in [0, 0.05) is 5.02 Å². The van der Waals surface area contributed by atoms with Crippen LogP contribution in [0.4, 0.5) is 10.1 Å². The monoisotopic (exact) mass is 325 g/mol. The lowest BCUT2D eigenvalue weighted by atomic mass is 10.3. The van der Waals surface area contributed by atoms with Crippen LogP contribution >= 0.6 is 11.6 Å². The van der Waals surface area contributed by atoms with Crippen LogP contribution in [-0.4, -0.2) is 15.0 Å². The lowest BCUT2D eigenvalue weighted by Crippen LogP contribution is -2.31. The van der Waals surface area contributed by atoms with Crippen LogP contribution in [0.5, 0.6) is 0 Å². The molecule has 0 atom stereocenters. The predicted octanol–water partition coefficient (Wildman–Crippen LogP) is 3.86. The Labute approximate surface area is 128 Å². The van der Waals surface area contributed by atoms with E-state index < -0.39 is 15.8 Å². The number of anilines is 1. The molecule has 0 fully saturated rings. The van der Waals surface area contributed by atoms with Crippen LogP contribution in [0.1, 0.15) is 0 Å². The van der Waals surface area contributed by atoms with E-state index in [2.05, 4.69) is 6.58 Å². The van der Waals surface area contributed by atoms with Crippen molar-refractivity contribution in [1.82, 2.24) is 0 Å². The van der Waals surface area contributed by atoms with E-state index in [1.54, 1.807) is 0 Å². The fourth-order valence-electron chi connectivity index (χ4n) is 1.80. The van der Waals surface area contributed by atoms with E-state index in [1.165, 1.54) is 54.6 Å². The molecule has 2 aromatic carbocycles. The molecule has 2 rings (SSSR count). The molecular formula is C15H13ClFNO2S. The average Bonchev–Trinajstić information content (AvgIpc) is 2.46. The lowest BCUT2D eigenvalue weighted by Gasteiger charge is -2.23. The summed E-state index contributed by atoms with van der Waals surface area (Å²) in [6.07, 6.45) is 1.47. The van der Waals surface area contributed by atoms with Gasteiger partial charge in [-0.2, -0.15) is 0 Å². The molecule has 0 spiro atoms. The predicted molar refractivity (Wildman–Crippen MR) is 82.6 cm³/mol. The molecule has 2 aromatic rings. The second-order valence-electron chi connectivity index (χ2n) is 4.26. The first-order valence-electron chi connectivity index (χ1n) is 6.10. The summed E-state index contributed by atoms with van der Waals surface area (Å²) in [7, 11) is -3.76. The van der Waals surface area contributed by atoms with Crippen molar-refractivity contribution < 1.29 is 12.8 Å².